The van der Waals surface area contributed by atoms with Gasteiger partial charge in [0.05, 0.1) is 0 Å². The van der Waals surface area contributed by atoms with Gasteiger partial charge in [0.15, 0.2) is 0 Å². The van der Waals surface area contributed by atoms with E-state index in [-0.39, 0.29) is 5.41 Å². The summed E-state index contributed by atoms with van der Waals surface area (Å²) in [7, 11) is 2.17. The molecule has 0 saturated heterocycles. The fraction of sp³-hybridized carbons (Fsp3) is 0.368. The van der Waals surface area contributed by atoms with Crippen LogP contribution in [-0.2, 0) is 12.0 Å². The van der Waals surface area contributed by atoms with Crippen molar-refractivity contribution in [2.75, 3.05) is 13.6 Å². The maximum absolute atomic E-state index is 2.40. The van der Waals surface area contributed by atoms with E-state index >= 15 is 0 Å². The molecule has 0 spiro atoms. The third-order valence-corrected chi connectivity index (χ3v) is 4.64. The second-order valence-electron chi connectivity index (χ2n) is 6.38. The molecule has 1 aliphatic rings. The molecule has 1 aliphatic carbocycles. The Hall–Kier alpha value is -1.60. The molecule has 2 aromatic carbocycles. The maximum Gasteiger partial charge on any atom is 0.0230 e. The third-order valence-electron chi connectivity index (χ3n) is 4.64. The lowest BCUT2D eigenvalue weighted by Gasteiger charge is -2.22. The fourth-order valence-corrected chi connectivity index (χ4v) is 3.27. The summed E-state index contributed by atoms with van der Waals surface area (Å²) in [6.07, 6.45) is 0. The van der Waals surface area contributed by atoms with E-state index in [2.05, 4.69) is 75.2 Å². The van der Waals surface area contributed by atoms with Crippen molar-refractivity contribution in [3.8, 4) is 11.1 Å². The minimum Gasteiger partial charge on any atom is -0.302 e. The van der Waals surface area contributed by atoms with Gasteiger partial charge in [0.1, 0.15) is 0 Å². The molecule has 0 unspecified atom stereocenters. The smallest absolute Gasteiger partial charge is 0.0230 e. The van der Waals surface area contributed by atoms with Gasteiger partial charge >= 0.3 is 0 Å². The van der Waals surface area contributed by atoms with E-state index in [4.69, 9.17) is 0 Å². The number of hydrogen-bond donors (Lipinski definition) is 0. The summed E-state index contributed by atoms with van der Waals surface area (Å²) in [6, 6.07) is 15.8. The Morgan fingerprint density at radius 1 is 0.950 bits per heavy atom. The second kappa shape index (κ2) is 4.75. The quantitative estimate of drug-likeness (QED) is 0.792. The van der Waals surface area contributed by atoms with Crippen LogP contribution in [0.2, 0.25) is 0 Å². The SMILES string of the molecule is CCN(C)Cc1ccc2c(c1)C(C)(C)c1ccccc1-2. The van der Waals surface area contributed by atoms with Crippen LogP contribution in [0.3, 0.4) is 0 Å². The van der Waals surface area contributed by atoms with Gasteiger partial charge in [-0.1, -0.05) is 63.2 Å². The van der Waals surface area contributed by atoms with Crippen LogP contribution in [0.1, 0.15) is 37.5 Å². The van der Waals surface area contributed by atoms with Crippen molar-refractivity contribution in [2.24, 2.45) is 0 Å². The molecule has 0 radical (unpaired) electrons. The number of benzene rings is 2. The molecule has 0 heterocycles. The molecule has 2 aromatic rings. The molecule has 0 amide bonds. The number of fused-ring (bicyclic) bond motifs is 3. The Kier molecular flexibility index (Phi) is 3.18. The Morgan fingerprint density at radius 2 is 1.65 bits per heavy atom. The highest BCUT2D eigenvalue weighted by Gasteiger charge is 2.34. The first kappa shape index (κ1) is 13.4. The van der Waals surface area contributed by atoms with E-state index in [1.165, 1.54) is 27.8 Å². The molecule has 104 valence electrons. The molecule has 3 rings (SSSR count). The van der Waals surface area contributed by atoms with Crippen LogP contribution in [0.25, 0.3) is 11.1 Å². The predicted molar refractivity (Wildman–Crippen MR) is 86.0 cm³/mol. The van der Waals surface area contributed by atoms with Gasteiger partial charge in [-0.15, -0.1) is 0 Å². The first-order chi connectivity index (χ1) is 9.54. The monoisotopic (exact) mass is 265 g/mol. The van der Waals surface area contributed by atoms with Gasteiger partial charge in [-0.05, 0) is 41.4 Å². The number of hydrogen-bond acceptors (Lipinski definition) is 1. The van der Waals surface area contributed by atoms with Gasteiger partial charge < -0.3 is 4.90 Å². The molecule has 1 nitrogen and oxygen atoms in total. The van der Waals surface area contributed by atoms with Crippen LogP contribution >= 0.6 is 0 Å². The van der Waals surface area contributed by atoms with Gasteiger partial charge in [0, 0.05) is 12.0 Å². The van der Waals surface area contributed by atoms with Crippen molar-refractivity contribution in [1.29, 1.82) is 0 Å². The topological polar surface area (TPSA) is 3.24 Å². The van der Waals surface area contributed by atoms with Crippen molar-refractivity contribution in [2.45, 2.75) is 32.7 Å². The van der Waals surface area contributed by atoms with E-state index in [0.717, 1.165) is 13.1 Å². The van der Waals surface area contributed by atoms with Crippen LogP contribution in [0.5, 0.6) is 0 Å². The summed E-state index contributed by atoms with van der Waals surface area (Å²) in [5.74, 6) is 0. The lowest BCUT2D eigenvalue weighted by atomic mass is 9.82. The lowest BCUT2D eigenvalue weighted by molar-refractivity contribution is 0.345. The largest absolute Gasteiger partial charge is 0.302 e. The van der Waals surface area contributed by atoms with E-state index in [1.807, 2.05) is 0 Å². The minimum absolute atomic E-state index is 0.118. The van der Waals surface area contributed by atoms with E-state index in [0.29, 0.717) is 0 Å². The summed E-state index contributed by atoms with van der Waals surface area (Å²) >= 11 is 0. The van der Waals surface area contributed by atoms with Crippen molar-refractivity contribution in [3.63, 3.8) is 0 Å². The molecule has 0 fully saturated rings. The molecule has 0 atom stereocenters. The number of nitrogens with zero attached hydrogens (tertiary/aromatic N) is 1. The first-order valence-electron chi connectivity index (χ1n) is 7.46. The molecule has 0 bridgehead atoms. The summed E-state index contributed by atoms with van der Waals surface area (Å²) in [5.41, 5.74) is 7.27. The predicted octanol–water partition coefficient (Wildman–Crippen LogP) is 4.44. The van der Waals surface area contributed by atoms with Crippen molar-refractivity contribution < 1.29 is 0 Å². The fourth-order valence-electron chi connectivity index (χ4n) is 3.27. The summed E-state index contributed by atoms with van der Waals surface area (Å²) in [4.78, 5) is 2.34. The van der Waals surface area contributed by atoms with E-state index < -0.39 is 0 Å². The Labute approximate surface area is 122 Å². The van der Waals surface area contributed by atoms with Gasteiger partial charge in [0.25, 0.3) is 0 Å². The summed E-state index contributed by atoms with van der Waals surface area (Å²) < 4.78 is 0. The van der Waals surface area contributed by atoms with Crippen molar-refractivity contribution >= 4 is 0 Å². The van der Waals surface area contributed by atoms with Crippen LogP contribution < -0.4 is 0 Å². The maximum atomic E-state index is 2.40. The van der Waals surface area contributed by atoms with Crippen LogP contribution in [0, 0.1) is 0 Å². The normalized spacial score (nSPS) is 15.2. The number of rotatable bonds is 3. The van der Waals surface area contributed by atoms with Gasteiger partial charge in [-0.2, -0.15) is 0 Å². The van der Waals surface area contributed by atoms with E-state index in [9.17, 15) is 0 Å². The standard InChI is InChI=1S/C19H23N/c1-5-20(4)13-14-10-11-16-15-8-6-7-9-17(15)19(2,3)18(16)12-14/h6-12H,5,13H2,1-4H3. The Balaban J connectivity index is 2.08. The van der Waals surface area contributed by atoms with Gasteiger partial charge in [0.2, 0.25) is 0 Å². The summed E-state index contributed by atoms with van der Waals surface area (Å²) in [5, 5.41) is 0. The third kappa shape index (κ3) is 1.97. The zero-order valence-electron chi connectivity index (χ0n) is 12.9. The van der Waals surface area contributed by atoms with Crippen LogP contribution in [-0.4, -0.2) is 18.5 Å². The molecule has 1 heteroatoms. The molecule has 0 saturated carbocycles. The molecule has 20 heavy (non-hydrogen) atoms. The Bertz CT molecular complexity index is 640. The first-order valence-corrected chi connectivity index (χ1v) is 7.46. The highest BCUT2D eigenvalue weighted by molar-refractivity contribution is 5.80. The molecule has 0 aromatic heterocycles. The average Bonchev–Trinajstić information content (AvgIpc) is 2.68. The van der Waals surface area contributed by atoms with Crippen molar-refractivity contribution in [1.82, 2.24) is 4.90 Å². The van der Waals surface area contributed by atoms with Gasteiger partial charge in [-0.3, -0.25) is 0 Å². The zero-order chi connectivity index (χ0) is 14.3. The highest BCUT2D eigenvalue weighted by Crippen LogP contribution is 2.48. The average molecular weight is 265 g/mol. The zero-order valence-corrected chi connectivity index (χ0v) is 12.9. The van der Waals surface area contributed by atoms with E-state index in [1.54, 1.807) is 0 Å². The van der Waals surface area contributed by atoms with Crippen LogP contribution in [0.15, 0.2) is 42.5 Å². The molecular formula is C19H23N. The van der Waals surface area contributed by atoms with Gasteiger partial charge in [-0.25, -0.2) is 0 Å². The highest BCUT2D eigenvalue weighted by atomic mass is 15.1. The second-order valence-corrected chi connectivity index (χ2v) is 6.38. The molecule has 0 aliphatic heterocycles. The molecule has 0 N–H and O–H groups in total. The Morgan fingerprint density at radius 3 is 2.40 bits per heavy atom. The lowest BCUT2D eigenvalue weighted by Crippen LogP contribution is -2.18. The summed E-state index contributed by atoms with van der Waals surface area (Å²) in [6.45, 7) is 8.99. The van der Waals surface area contributed by atoms with Crippen molar-refractivity contribution in [3.05, 3.63) is 59.2 Å². The van der Waals surface area contributed by atoms with Crippen LogP contribution in [0.4, 0.5) is 0 Å². The molecular weight excluding hydrogens is 242 g/mol. The minimum atomic E-state index is 0.118.